The SMILES string of the molecule is Nc1ccn(-c2ccc3c(c2)CCN(C(=O)Nc2c[nH]c4ccccc24)C3)c1. The first-order valence-electron chi connectivity index (χ1n) is 9.35. The Labute approximate surface area is 162 Å². The molecule has 0 unspecified atom stereocenters. The third-order valence-electron chi connectivity index (χ3n) is 5.33. The van der Waals surface area contributed by atoms with Crippen molar-refractivity contribution in [3.05, 3.63) is 78.2 Å². The van der Waals surface area contributed by atoms with E-state index in [0.29, 0.717) is 13.1 Å². The summed E-state index contributed by atoms with van der Waals surface area (Å²) in [6, 6.07) is 16.1. The molecule has 6 nitrogen and oxygen atoms in total. The number of benzene rings is 2. The van der Waals surface area contributed by atoms with E-state index in [-0.39, 0.29) is 6.03 Å². The van der Waals surface area contributed by atoms with Crippen LogP contribution >= 0.6 is 0 Å². The van der Waals surface area contributed by atoms with Crippen molar-refractivity contribution in [3.63, 3.8) is 0 Å². The number of urea groups is 1. The second-order valence-corrected chi connectivity index (χ2v) is 7.15. The van der Waals surface area contributed by atoms with Crippen LogP contribution in [0.15, 0.2) is 67.1 Å². The molecular weight excluding hydrogens is 350 g/mol. The molecule has 2 aromatic carbocycles. The largest absolute Gasteiger partial charge is 0.397 e. The van der Waals surface area contributed by atoms with Gasteiger partial charge in [0.05, 0.1) is 5.69 Å². The molecule has 6 heteroatoms. The molecule has 1 aliphatic heterocycles. The van der Waals surface area contributed by atoms with Gasteiger partial charge in [-0.3, -0.25) is 0 Å². The number of nitrogen functional groups attached to an aromatic ring is 1. The minimum Gasteiger partial charge on any atom is -0.397 e. The number of fused-ring (bicyclic) bond motifs is 2. The van der Waals surface area contributed by atoms with Crippen LogP contribution in [0.4, 0.5) is 16.2 Å². The van der Waals surface area contributed by atoms with E-state index < -0.39 is 0 Å². The number of nitrogens with zero attached hydrogens (tertiary/aromatic N) is 2. The van der Waals surface area contributed by atoms with Gasteiger partial charge in [-0.2, -0.15) is 0 Å². The summed E-state index contributed by atoms with van der Waals surface area (Å²) in [5.74, 6) is 0. The molecule has 2 aromatic heterocycles. The highest BCUT2D eigenvalue weighted by molar-refractivity contribution is 6.01. The van der Waals surface area contributed by atoms with Crippen molar-refractivity contribution in [2.45, 2.75) is 13.0 Å². The predicted molar refractivity (Wildman–Crippen MR) is 112 cm³/mol. The second kappa shape index (κ2) is 6.49. The topological polar surface area (TPSA) is 79.1 Å². The number of aromatic amines is 1. The van der Waals surface area contributed by atoms with Crippen LogP contribution in [0.25, 0.3) is 16.6 Å². The molecule has 0 aliphatic carbocycles. The van der Waals surface area contributed by atoms with Crippen LogP contribution in [0.3, 0.4) is 0 Å². The second-order valence-electron chi connectivity index (χ2n) is 7.15. The van der Waals surface area contributed by atoms with Gasteiger partial charge in [-0.05, 0) is 41.8 Å². The number of nitrogens with two attached hydrogens (primary N) is 1. The van der Waals surface area contributed by atoms with Crippen LogP contribution < -0.4 is 11.1 Å². The van der Waals surface area contributed by atoms with Gasteiger partial charge < -0.3 is 25.5 Å². The first-order valence-corrected chi connectivity index (χ1v) is 9.35. The van der Waals surface area contributed by atoms with E-state index in [4.69, 9.17) is 5.73 Å². The van der Waals surface area contributed by atoms with E-state index in [1.54, 1.807) is 0 Å². The van der Waals surface area contributed by atoms with Crippen molar-refractivity contribution in [1.82, 2.24) is 14.5 Å². The number of amides is 2. The fourth-order valence-corrected chi connectivity index (χ4v) is 3.82. The maximum Gasteiger partial charge on any atom is 0.322 e. The molecule has 1 aliphatic rings. The zero-order chi connectivity index (χ0) is 19.1. The summed E-state index contributed by atoms with van der Waals surface area (Å²) in [4.78, 5) is 17.8. The number of aromatic nitrogens is 2. The van der Waals surface area contributed by atoms with Gasteiger partial charge in [0.25, 0.3) is 0 Å². The lowest BCUT2D eigenvalue weighted by Crippen LogP contribution is -2.38. The Morgan fingerprint density at radius 1 is 1.11 bits per heavy atom. The summed E-state index contributed by atoms with van der Waals surface area (Å²) in [6.07, 6.45) is 6.54. The molecule has 3 heterocycles. The summed E-state index contributed by atoms with van der Waals surface area (Å²) in [5, 5.41) is 4.06. The predicted octanol–water partition coefficient (Wildman–Crippen LogP) is 4.13. The average Bonchev–Trinajstić information content (AvgIpc) is 3.34. The van der Waals surface area contributed by atoms with E-state index in [1.807, 2.05) is 58.4 Å². The molecule has 0 bridgehead atoms. The summed E-state index contributed by atoms with van der Waals surface area (Å²) in [6.45, 7) is 1.30. The standard InChI is InChI=1S/C22H21N5O/c23-17-8-10-26(14-17)18-6-5-16-13-27(9-7-15(16)11-18)22(28)25-21-12-24-20-4-2-1-3-19(20)21/h1-6,8,10-12,14,24H,7,9,13,23H2,(H,25,28). The molecule has 0 atom stereocenters. The lowest BCUT2D eigenvalue weighted by molar-refractivity contribution is 0.206. The Balaban J connectivity index is 1.33. The number of anilines is 2. The molecule has 140 valence electrons. The van der Waals surface area contributed by atoms with Gasteiger partial charge in [0.15, 0.2) is 0 Å². The van der Waals surface area contributed by atoms with E-state index in [9.17, 15) is 4.79 Å². The molecule has 0 spiro atoms. The Kier molecular flexibility index (Phi) is 3.83. The lowest BCUT2D eigenvalue weighted by Gasteiger charge is -2.29. The van der Waals surface area contributed by atoms with Crippen molar-refractivity contribution in [2.75, 3.05) is 17.6 Å². The summed E-state index contributed by atoms with van der Waals surface area (Å²) in [7, 11) is 0. The van der Waals surface area contributed by atoms with Gasteiger partial charge >= 0.3 is 6.03 Å². The van der Waals surface area contributed by atoms with Crippen LogP contribution in [-0.4, -0.2) is 27.0 Å². The fraction of sp³-hybridized carbons (Fsp3) is 0.136. The van der Waals surface area contributed by atoms with Gasteiger partial charge in [-0.25, -0.2) is 4.79 Å². The molecule has 4 aromatic rings. The maximum atomic E-state index is 12.8. The minimum absolute atomic E-state index is 0.0716. The first-order chi connectivity index (χ1) is 13.7. The van der Waals surface area contributed by atoms with Gasteiger partial charge in [-0.1, -0.05) is 24.3 Å². The number of carbonyl (C=O) groups is 1. The molecule has 0 fully saturated rings. The van der Waals surface area contributed by atoms with E-state index >= 15 is 0 Å². The molecule has 28 heavy (non-hydrogen) atoms. The highest BCUT2D eigenvalue weighted by Gasteiger charge is 2.21. The number of H-pyrrole nitrogens is 1. The molecule has 4 N–H and O–H groups in total. The number of hydrogen-bond donors (Lipinski definition) is 3. The van der Waals surface area contributed by atoms with Crippen LogP contribution in [0.2, 0.25) is 0 Å². The van der Waals surface area contributed by atoms with Crippen molar-refractivity contribution in [2.24, 2.45) is 0 Å². The minimum atomic E-state index is -0.0716. The zero-order valence-electron chi connectivity index (χ0n) is 15.4. The van der Waals surface area contributed by atoms with Crippen molar-refractivity contribution in [3.8, 4) is 5.69 Å². The van der Waals surface area contributed by atoms with Crippen molar-refractivity contribution in [1.29, 1.82) is 0 Å². The van der Waals surface area contributed by atoms with E-state index in [0.717, 1.165) is 34.4 Å². The molecule has 0 saturated heterocycles. The summed E-state index contributed by atoms with van der Waals surface area (Å²) >= 11 is 0. The smallest absolute Gasteiger partial charge is 0.322 e. The van der Waals surface area contributed by atoms with Crippen molar-refractivity contribution >= 4 is 28.3 Å². The molecule has 5 rings (SSSR count). The van der Waals surface area contributed by atoms with Gasteiger partial charge in [0.1, 0.15) is 0 Å². The normalized spacial score (nSPS) is 13.5. The van der Waals surface area contributed by atoms with Crippen LogP contribution in [0, 0.1) is 0 Å². The third kappa shape index (κ3) is 2.89. The van der Waals surface area contributed by atoms with E-state index in [2.05, 4.69) is 28.5 Å². The first kappa shape index (κ1) is 16.5. The van der Waals surface area contributed by atoms with E-state index in [1.165, 1.54) is 11.1 Å². The number of carbonyl (C=O) groups excluding carboxylic acids is 1. The molecule has 0 saturated carbocycles. The zero-order valence-corrected chi connectivity index (χ0v) is 15.4. The Morgan fingerprint density at radius 2 is 2.00 bits per heavy atom. The molecule has 0 radical (unpaired) electrons. The fourth-order valence-electron chi connectivity index (χ4n) is 3.82. The van der Waals surface area contributed by atoms with Crippen LogP contribution in [0.5, 0.6) is 0 Å². The summed E-state index contributed by atoms with van der Waals surface area (Å²) < 4.78 is 2.02. The number of nitrogens with one attached hydrogen (secondary N) is 2. The van der Waals surface area contributed by atoms with Gasteiger partial charge in [-0.15, -0.1) is 0 Å². The monoisotopic (exact) mass is 371 g/mol. The van der Waals surface area contributed by atoms with Crippen LogP contribution in [-0.2, 0) is 13.0 Å². The Hall–Kier alpha value is -3.67. The van der Waals surface area contributed by atoms with Gasteiger partial charge in [0, 0.05) is 54.0 Å². The average molecular weight is 371 g/mol. The number of hydrogen-bond acceptors (Lipinski definition) is 2. The number of para-hydroxylation sites is 1. The molecular formula is C22H21N5O. The Morgan fingerprint density at radius 3 is 2.86 bits per heavy atom. The highest BCUT2D eigenvalue weighted by atomic mass is 16.2. The summed E-state index contributed by atoms with van der Waals surface area (Å²) in [5.41, 5.74) is 11.9. The maximum absolute atomic E-state index is 12.8. The highest BCUT2D eigenvalue weighted by Crippen LogP contribution is 2.26. The van der Waals surface area contributed by atoms with Crippen molar-refractivity contribution < 1.29 is 4.79 Å². The van der Waals surface area contributed by atoms with Gasteiger partial charge in [0.2, 0.25) is 0 Å². The third-order valence-corrected chi connectivity index (χ3v) is 5.33. The molecule has 2 amide bonds. The number of rotatable bonds is 2. The Bertz CT molecular complexity index is 1170. The lowest BCUT2D eigenvalue weighted by atomic mass is 9.99. The van der Waals surface area contributed by atoms with Crippen LogP contribution in [0.1, 0.15) is 11.1 Å². The quantitative estimate of drug-likeness (QED) is 0.495.